The van der Waals surface area contributed by atoms with Crippen LogP contribution in [0.2, 0.25) is 0 Å². The molecule has 27 heavy (non-hydrogen) atoms. The minimum atomic E-state index is -0.281. The lowest BCUT2D eigenvalue weighted by atomic mass is 9.99. The van der Waals surface area contributed by atoms with Crippen molar-refractivity contribution < 1.29 is 19.1 Å². The maximum Gasteiger partial charge on any atom is 0.409 e. The Balaban J connectivity index is 1.86. The van der Waals surface area contributed by atoms with Crippen LogP contribution < -0.4 is 0 Å². The number of hydrogen-bond donors (Lipinski definition) is 0. The second kappa shape index (κ2) is 10.5. The molecule has 2 aliphatic heterocycles. The number of nitrogens with zero attached hydrogens (tertiary/aromatic N) is 3. The van der Waals surface area contributed by atoms with E-state index in [-0.39, 0.29) is 23.9 Å². The van der Waals surface area contributed by atoms with E-state index in [4.69, 9.17) is 4.74 Å². The second-order valence-electron chi connectivity index (χ2n) is 7.52. The van der Waals surface area contributed by atoms with Crippen molar-refractivity contribution in [1.82, 2.24) is 14.7 Å². The van der Waals surface area contributed by atoms with Gasteiger partial charge in [0.05, 0.1) is 6.61 Å². The quantitative estimate of drug-likeness (QED) is 0.709. The van der Waals surface area contributed by atoms with Crippen LogP contribution >= 0.6 is 0 Å². The van der Waals surface area contributed by atoms with Crippen LogP contribution in [0.1, 0.15) is 65.7 Å². The summed E-state index contributed by atoms with van der Waals surface area (Å²) in [5, 5.41) is 0. The predicted molar refractivity (Wildman–Crippen MR) is 103 cm³/mol. The molecule has 0 radical (unpaired) electrons. The molecule has 0 spiro atoms. The Bertz CT molecular complexity index is 517. The summed E-state index contributed by atoms with van der Waals surface area (Å²) in [7, 11) is 0. The number of amides is 3. The van der Waals surface area contributed by atoms with Crippen molar-refractivity contribution in [2.75, 3.05) is 32.8 Å². The molecule has 7 nitrogen and oxygen atoms in total. The van der Waals surface area contributed by atoms with Crippen LogP contribution in [-0.2, 0) is 14.3 Å². The SMILES string of the molecule is CCOC(=O)N1CCC(N(CCC(=O)N2CCCCC2CC)C(C)=O)CC1. The molecule has 0 aromatic rings. The van der Waals surface area contributed by atoms with Gasteiger partial charge in [-0.2, -0.15) is 0 Å². The molecule has 2 rings (SSSR count). The molecule has 1 unspecified atom stereocenters. The molecule has 1 atom stereocenters. The van der Waals surface area contributed by atoms with E-state index >= 15 is 0 Å². The maximum atomic E-state index is 12.7. The molecular formula is C20H35N3O4. The van der Waals surface area contributed by atoms with Gasteiger partial charge in [-0.05, 0) is 45.4 Å². The summed E-state index contributed by atoms with van der Waals surface area (Å²) >= 11 is 0. The number of carbonyl (C=O) groups is 3. The Labute approximate surface area is 163 Å². The van der Waals surface area contributed by atoms with Crippen molar-refractivity contribution in [3.8, 4) is 0 Å². The van der Waals surface area contributed by atoms with Crippen molar-refractivity contribution in [2.45, 2.75) is 77.8 Å². The molecule has 0 saturated carbocycles. The lowest BCUT2D eigenvalue weighted by Gasteiger charge is -2.39. The van der Waals surface area contributed by atoms with E-state index in [0.717, 1.165) is 38.6 Å². The van der Waals surface area contributed by atoms with E-state index in [9.17, 15) is 14.4 Å². The van der Waals surface area contributed by atoms with E-state index in [1.165, 1.54) is 6.42 Å². The molecule has 0 aromatic heterocycles. The monoisotopic (exact) mass is 381 g/mol. The average molecular weight is 382 g/mol. The summed E-state index contributed by atoms with van der Waals surface area (Å²) in [4.78, 5) is 42.2. The molecule has 0 aliphatic carbocycles. The average Bonchev–Trinajstić information content (AvgIpc) is 2.68. The Kier molecular flexibility index (Phi) is 8.38. The van der Waals surface area contributed by atoms with Crippen LogP contribution in [0.4, 0.5) is 4.79 Å². The summed E-state index contributed by atoms with van der Waals surface area (Å²) < 4.78 is 5.05. The zero-order chi connectivity index (χ0) is 19.8. The summed E-state index contributed by atoms with van der Waals surface area (Å²) in [5.41, 5.74) is 0. The largest absolute Gasteiger partial charge is 0.450 e. The Morgan fingerprint density at radius 1 is 1.04 bits per heavy atom. The Morgan fingerprint density at radius 3 is 2.33 bits per heavy atom. The zero-order valence-electron chi connectivity index (χ0n) is 17.1. The molecule has 7 heteroatoms. The first-order valence-corrected chi connectivity index (χ1v) is 10.5. The lowest BCUT2D eigenvalue weighted by Crippen LogP contribution is -2.50. The first-order valence-electron chi connectivity index (χ1n) is 10.5. The van der Waals surface area contributed by atoms with Crippen molar-refractivity contribution >= 4 is 17.9 Å². The molecule has 0 aromatic carbocycles. The van der Waals surface area contributed by atoms with Crippen LogP contribution in [0, 0.1) is 0 Å². The Morgan fingerprint density at radius 2 is 1.74 bits per heavy atom. The number of carbonyl (C=O) groups excluding carboxylic acids is 3. The first kappa shape index (κ1) is 21.5. The zero-order valence-corrected chi connectivity index (χ0v) is 17.1. The fourth-order valence-electron chi connectivity index (χ4n) is 4.29. The summed E-state index contributed by atoms with van der Waals surface area (Å²) in [6.45, 7) is 8.35. The molecule has 3 amide bonds. The van der Waals surface area contributed by atoms with Gasteiger partial charge in [0.1, 0.15) is 0 Å². The third kappa shape index (κ3) is 5.84. The number of ether oxygens (including phenoxy) is 1. The van der Waals surface area contributed by atoms with Crippen LogP contribution in [0.5, 0.6) is 0 Å². The summed E-state index contributed by atoms with van der Waals surface area (Å²) in [6.07, 6.45) is 5.91. The standard InChI is InChI=1S/C20H35N3O4/c1-4-17-8-6-7-12-23(17)19(25)11-15-22(16(3)24)18-9-13-21(14-10-18)20(26)27-5-2/h17-18H,4-15H2,1-3H3. The first-order chi connectivity index (χ1) is 13.0. The van der Waals surface area contributed by atoms with Gasteiger partial charge in [-0.15, -0.1) is 0 Å². The smallest absolute Gasteiger partial charge is 0.409 e. The highest BCUT2D eigenvalue weighted by atomic mass is 16.6. The van der Waals surface area contributed by atoms with Crippen molar-refractivity contribution in [1.29, 1.82) is 0 Å². The molecule has 0 bridgehead atoms. The minimum Gasteiger partial charge on any atom is -0.450 e. The highest BCUT2D eigenvalue weighted by molar-refractivity contribution is 5.78. The van der Waals surface area contributed by atoms with E-state index in [2.05, 4.69) is 6.92 Å². The van der Waals surface area contributed by atoms with Crippen LogP contribution in [-0.4, -0.2) is 77.5 Å². The highest BCUT2D eigenvalue weighted by Crippen LogP contribution is 2.22. The maximum absolute atomic E-state index is 12.7. The Hall–Kier alpha value is -1.79. The van der Waals surface area contributed by atoms with E-state index < -0.39 is 0 Å². The van der Waals surface area contributed by atoms with E-state index in [0.29, 0.717) is 38.7 Å². The van der Waals surface area contributed by atoms with Crippen molar-refractivity contribution in [3.05, 3.63) is 0 Å². The molecule has 154 valence electrons. The van der Waals surface area contributed by atoms with Crippen LogP contribution in [0.3, 0.4) is 0 Å². The van der Waals surface area contributed by atoms with Gasteiger partial charge in [-0.3, -0.25) is 9.59 Å². The molecule has 0 N–H and O–H groups in total. The number of piperidine rings is 2. The minimum absolute atomic E-state index is 0.00284. The second-order valence-corrected chi connectivity index (χ2v) is 7.52. The molecule has 2 aliphatic rings. The van der Waals surface area contributed by atoms with Gasteiger partial charge in [0.25, 0.3) is 0 Å². The number of hydrogen-bond acceptors (Lipinski definition) is 4. The van der Waals surface area contributed by atoms with Gasteiger partial charge in [0.15, 0.2) is 0 Å². The normalized spacial score (nSPS) is 21.1. The molecular weight excluding hydrogens is 346 g/mol. The van der Waals surface area contributed by atoms with Gasteiger partial charge < -0.3 is 19.4 Å². The van der Waals surface area contributed by atoms with Crippen LogP contribution in [0.25, 0.3) is 0 Å². The number of likely N-dealkylation sites (tertiary alicyclic amines) is 2. The third-order valence-corrected chi connectivity index (χ3v) is 5.82. The van der Waals surface area contributed by atoms with E-state index in [1.54, 1.807) is 18.7 Å². The third-order valence-electron chi connectivity index (χ3n) is 5.82. The highest BCUT2D eigenvalue weighted by Gasteiger charge is 2.30. The predicted octanol–water partition coefficient (Wildman–Crippen LogP) is 2.64. The van der Waals surface area contributed by atoms with Gasteiger partial charge in [-0.25, -0.2) is 4.79 Å². The molecule has 2 saturated heterocycles. The van der Waals surface area contributed by atoms with E-state index in [1.807, 2.05) is 9.80 Å². The fraction of sp³-hybridized carbons (Fsp3) is 0.850. The van der Waals surface area contributed by atoms with Crippen molar-refractivity contribution in [3.63, 3.8) is 0 Å². The van der Waals surface area contributed by atoms with Gasteiger partial charge >= 0.3 is 6.09 Å². The fourth-order valence-corrected chi connectivity index (χ4v) is 4.29. The molecule has 2 fully saturated rings. The van der Waals surface area contributed by atoms with Gasteiger partial charge in [0, 0.05) is 51.6 Å². The number of rotatable bonds is 6. The lowest BCUT2D eigenvalue weighted by molar-refractivity contribution is -0.137. The van der Waals surface area contributed by atoms with Crippen LogP contribution in [0.15, 0.2) is 0 Å². The molecule has 2 heterocycles. The van der Waals surface area contributed by atoms with Crippen molar-refractivity contribution in [2.24, 2.45) is 0 Å². The topological polar surface area (TPSA) is 70.2 Å². The summed E-state index contributed by atoms with van der Waals surface area (Å²) in [6, 6.07) is 0.439. The summed E-state index contributed by atoms with van der Waals surface area (Å²) in [5.74, 6) is 0.167. The van der Waals surface area contributed by atoms with Gasteiger partial charge in [0.2, 0.25) is 11.8 Å². The van der Waals surface area contributed by atoms with Gasteiger partial charge in [-0.1, -0.05) is 6.92 Å².